The van der Waals surface area contributed by atoms with E-state index in [9.17, 15) is 18.8 Å². The lowest BCUT2D eigenvalue weighted by Gasteiger charge is -2.36. The third-order valence-electron chi connectivity index (χ3n) is 7.20. The summed E-state index contributed by atoms with van der Waals surface area (Å²) in [4.78, 5) is 43.2. The van der Waals surface area contributed by atoms with Crippen LogP contribution in [0.15, 0.2) is 24.3 Å². The third-order valence-corrected chi connectivity index (χ3v) is 7.20. The van der Waals surface area contributed by atoms with Gasteiger partial charge in [0.25, 0.3) is 0 Å². The van der Waals surface area contributed by atoms with Crippen molar-refractivity contribution in [3.05, 3.63) is 35.6 Å². The lowest BCUT2D eigenvalue weighted by molar-refractivity contribution is -0.146. The molecule has 168 valence electrons. The van der Waals surface area contributed by atoms with Crippen molar-refractivity contribution < 1.29 is 23.5 Å². The van der Waals surface area contributed by atoms with Crippen LogP contribution in [0, 0.1) is 5.82 Å². The molecular weight excluding hydrogens is 399 g/mol. The number of nitrogens with zero attached hydrogens (tertiary/aromatic N) is 2. The second kappa shape index (κ2) is 9.07. The number of hydrogen-bond donors (Lipinski definition) is 0. The topological polar surface area (TPSA) is 66.9 Å². The zero-order valence-electron chi connectivity index (χ0n) is 18.1. The standard InChI is InChI=1S/C24H31FN2O4/c1-31-18-10-7-13-26(16-18)21(28)14-24(19-11-5-6-12-20(19)25)15-22(29)27(23(24)30)17-8-3-2-4-9-17/h5-6,11-12,17-18H,2-4,7-10,13-16H2,1H3/t18-,24+/m1/s1. The maximum absolute atomic E-state index is 14.9. The lowest BCUT2D eigenvalue weighted by Crippen LogP contribution is -2.49. The van der Waals surface area contributed by atoms with Crippen LogP contribution in [0.25, 0.3) is 0 Å². The Morgan fingerprint density at radius 3 is 2.58 bits per heavy atom. The van der Waals surface area contributed by atoms with Gasteiger partial charge in [0, 0.05) is 44.6 Å². The van der Waals surface area contributed by atoms with Gasteiger partial charge in [0.15, 0.2) is 0 Å². The van der Waals surface area contributed by atoms with Crippen molar-refractivity contribution in [2.75, 3.05) is 20.2 Å². The number of halogens is 1. The van der Waals surface area contributed by atoms with E-state index < -0.39 is 17.1 Å². The number of hydrogen-bond acceptors (Lipinski definition) is 4. The van der Waals surface area contributed by atoms with Crippen molar-refractivity contribution in [3.63, 3.8) is 0 Å². The maximum Gasteiger partial charge on any atom is 0.241 e. The van der Waals surface area contributed by atoms with Crippen molar-refractivity contribution in [2.24, 2.45) is 0 Å². The predicted molar refractivity (Wildman–Crippen MR) is 113 cm³/mol. The van der Waals surface area contributed by atoms with Gasteiger partial charge in [0.05, 0.1) is 11.5 Å². The number of carbonyl (C=O) groups excluding carboxylic acids is 3. The molecule has 2 saturated heterocycles. The fourth-order valence-corrected chi connectivity index (χ4v) is 5.49. The van der Waals surface area contributed by atoms with Crippen LogP contribution in [-0.2, 0) is 24.5 Å². The maximum atomic E-state index is 14.9. The first-order chi connectivity index (χ1) is 15.0. The molecule has 0 spiro atoms. The molecule has 31 heavy (non-hydrogen) atoms. The van der Waals surface area contributed by atoms with Gasteiger partial charge in [-0.3, -0.25) is 19.3 Å². The Morgan fingerprint density at radius 1 is 1.13 bits per heavy atom. The van der Waals surface area contributed by atoms with Gasteiger partial charge < -0.3 is 9.64 Å². The van der Waals surface area contributed by atoms with Crippen LogP contribution in [0.1, 0.15) is 63.4 Å². The van der Waals surface area contributed by atoms with Crippen molar-refractivity contribution in [1.82, 2.24) is 9.80 Å². The number of piperidine rings is 1. The molecule has 3 fully saturated rings. The van der Waals surface area contributed by atoms with Crippen molar-refractivity contribution in [2.45, 2.75) is 75.3 Å². The van der Waals surface area contributed by atoms with E-state index in [1.54, 1.807) is 30.2 Å². The second-order valence-electron chi connectivity index (χ2n) is 9.12. The average molecular weight is 431 g/mol. The first-order valence-corrected chi connectivity index (χ1v) is 11.4. The van der Waals surface area contributed by atoms with Crippen LogP contribution in [0.3, 0.4) is 0 Å². The second-order valence-corrected chi connectivity index (χ2v) is 9.12. The molecule has 3 amide bonds. The molecule has 3 aliphatic rings. The zero-order valence-corrected chi connectivity index (χ0v) is 18.1. The number of carbonyl (C=O) groups is 3. The first kappa shape index (κ1) is 21.9. The highest BCUT2D eigenvalue weighted by molar-refractivity contribution is 6.11. The molecule has 1 aromatic carbocycles. The van der Waals surface area contributed by atoms with E-state index in [1.807, 2.05) is 0 Å². The molecule has 1 saturated carbocycles. The SMILES string of the molecule is CO[C@@H]1CCCN(C(=O)C[C@@]2(c3ccccc3F)CC(=O)N(C3CCCCC3)C2=O)C1. The average Bonchev–Trinajstić information content (AvgIpc) is 3.04. The smallest absolute Gasteiger partial charge is 0.241 e. The Hall–Kier alpha value is -2.28. The molecule has 0 radical (unpaired) electrons. The van der Waals surface area contributed by atoms with Gasteiger partial charge in [0.1, 0.15) is 5.82 Å². The van der Waals surface area contributed by atoms with Crippen LogP contribution in [0.2, 0.25) is 0 Å². The highest BCUT2D eigenvalue weighted by Crippen LogP contribution is 2.43. The number of imide groups is 1. The molecule has 6 nitrogen and oxygen atoms in total. The molecule has 0 bridgehead atoms. The van der Waals surface area contributed by atoms with Gasteiger partial charge in [-0.2, -0.15) is 0 Å². The number of benzene rings is 1. The summed E-state index contributed by atoms with van der Waals surface area (Å²) < 4.78 is 20.4. The van der Waals surface area contributed by atoms with Gasteiger partial charge in [-0.25, -0.2) is 4.39 Å². The molecule has 2 atom stereocenters. The number of likely N-dealkylation sites (tertiary alicyclic amines) is 2. The summed E-state index contributed by atoms with van der Waals surface area (Å²) in [6.07, 6.45) is 5.90. The normalized spacial score (nSPS) is 27.7. The predicted octanol–water partition coefficient (Wildman–Crippen LogP) is 3.18. The van der Waals surface area contributed by atoms with Crippen LogP contribution < -0.4 is 0 Å². The largest absolute Gasteiger partial charge is 0.380 e. The first-order valence-electron chi connectivity index (χ1n) is 11.4. The monoisotopic (exact) mass is 430 g/mol. The van der Waals surface area contributed by atoms with Crippen LogP contribution in [-0.4, -0.2) is 59.9 Å². The third kappa shape index (κ3) is 4.12. The van der Waals surface area contributed by atoms with Crippen LogP contribution in [0.5, 0.6) is 0 Å². The molecule has 7 heteroatoms. The summed E-state index contributed by atoms with van der Waals surface area (Å²) >= 11 is 0. The molecule has 0 aromatic heterocycles. The number of amides is 3. The minimum absolute atomic E-state index is 0.0400. The fourth-order valence-electron chi connectivity index (χ4n) is 5.49. The molecule has 1 aliphatic carbocycles. The van der Waals surface area contributed by atoms with Gasteiger partial charge in [-0.15, -0.1) is 0 Å². The van der Waals surface area contributed by atoms with Crippen LogP contribution >= 0.6 is 0 Å². The molecular formula is C24H31FN2O4. The number of rotatable bonds is 5. The minimum atomic E-state index is -1.48. The van der Waals surface area contributed by atoms with Crippen molar-refractivity contribution in [3.8, 4) is 0 Å². The van der Waals surface area contributed by atoms with Gasteiger partial charge in [-0.05, 0) is 31.7 Å². The molecule has 0 N–H and O–H groups in total. The van der Waals surface area contributed by atoms with Gasteiger partial charge in [0.2, 0.25) is 17.7 Å². The van der Waals surface area contributed by atoms with E-state index >= 15 is 0 Å². The highest BCUT2D eigenvalue weighted by Gasteiger charge is 2.56. The van der Waals surface area contributed by atoms with Crippen molar-refractivity contribution >= 4 is 17.7 Å². The Morgan fingerprint density at radius 2 is 1.87 bits per heavy atom. The van der Waals surface area contributed by atoms with E-state index in [1.165, 1.54) is 11.0 Å². The zero-order chi connectivity index (χ0) is 22.0. The minimum Gasteiger partial charge on any atom is -0.380 e. The van der Waals surface area contributed by atoms with E-state index in [0.29, 0.717) is 13.1 Å². The fraction of sp³-hybridized carbons (Fsp3) is 0.625. The summed E-state index contributed by atoms with van der Waals surface area (Å²) in [7, 11) is 1.63. The van der Waals surface area contributed by atoms with Gasteiger partial charge in [-0.1, -0.05) is 37.5 Å². The summed E-state index contributed by atoms with van der Waals surface area (Å²) in [5.41, 5.74) is -1.32. The molecule has 1 aromatic rings. The Labute approximate surface area is 182 Å². The number of methoxy groups -OCH3 is 1. The van der Waals surface area contributed by atoms with E-state index in [4.69, 9.17) is 4.74 Å². The summed E-state index contributed by atoms with van der Waals surface area (Å²) in [6, 6.07) is 5.91. The number of ether oxygens (including phenoxy) is 1. The van der Waals surface area contributed by atoms with Gasteiger partial charge >= 0.3 is 0 Å². The Kier molecular flexibility index (Phi) is 6.42. The molecule has 2 heterocycles. The Balaban J connectivity index is 1.66. The molecule has 0 unspecified atom stereocenters. The Bertz CT molecular complexity index is 854. The summed E-state index contributed by atoms with van der Waals surface area (Å²) in [5.74, 6) is -1.48. The molecule has 2 aliphatic heterocycles. The summed E-state index contributed by atoms with van der Waals surface area (Å²) in [6.45, 7) is 1.04. The van der Waals surface area contributed by atoms with E-state index in [0.717, 1.165) is 44.9 Å². The van der Waals surface area contributed by atoms with E-state index in [-0.39, 0.29) is 42.4 Å². The quantitative estimate of drug-likeness (QED) is 0.673. The van der Waals surface area contributed by atoms with Crippen LogP contribution in [0.4, 0.5) is 4.39 Å². The summed E-state index contributed by atoms with van der Waals surface area (Å²) in [5, 5.41) is 0. The van der Waals surface area contributed by atoms with Crippen molar-refractivity contribution in [1.29, 1.82) is 0 Å². The lowest BCUT2D eigenvalue weighted by atomic mass is 9.75. The van der Waals surface area contributed by atoms with E-state index in [2.05, 4.69) is 0 Å². The highest BCUT2D eigenvalue weighted by atomic mass is 19.1. The molecule has 4 rings (SSSR count).